The first-order chi connectivity index (χ1) is 16.1. The molecule has 0 saturated carbocycles. The number of hydrogen-bond donors (Lipinski definition) is 1. The van der Waals surface area contributed by atoms with Crippen molar-refractivity contribution < 1.29 is 18.7 Å². The van der Waals surface area contributed by atoms with Gasteiger partial charge < -0.3 is 19.7 Å². The van der Waals surface area contributed by atoms with Gasteiger partial charge in [-0.3, -0.25) is 0 Å². The molecular formula is C24H27ClFN5O3. The molecule has 1 aliphatic rings. The first kappa shape index (κ1) is 23.9. The van der Waals surface area contributed by atoms with Crippen LogP contribution in [0.2, 0.25) is 5.02 Å². The van der Waals surface area contributed by atoms with Gasteiger partial charge in [0, 0.05) is 24.6 Å². The zero-order valence-corrected chi connectivity index (χ0v) is 20.3. The summed E-state index contributed by atoms with van der Waals surface area (Å²) in [4.78, 5) is 27.1. The zero-order chi connectivity index (χ0) is 24.5. The van der Waals surface area contributed by atoms with Gasteiger partial charge in [-0.15, -0.1) is 0 Å². The van der Waals surface area contributed by atoms with Crippen LogP contribution in [0.25, 0.3) is 11.0 Å². The third-order valence-electron chi connectivity index (χ3n) is 5.34. The number of anilines is 1. The molecular weight excluding hydrogens is 461 g/mol. The number of nitrogens with one attached hydrogen (secondary N) is 1. The highest BCUT2D eigenvalue weighted by Gasteiger charge is 2.31. The number of fused-ring (bicyclic) bond motifs is 1. The summed E-state index contributed by atoms with van der Waals surface area (Å²) in [6, 6.07) is 7.97. The van der Waals surface area contributed by atoms with Crippen LogP contribution in [0.3, 0.4) is 0 Å². The minimum absolute atomic E-state index is 0.0597. The molecule has 3 aromatic rings. The van der Waals surface area contributed by atoms with E-state index in [1.807, 2.05) is 27.7 Å². The van der Waals surface area contributed by atoms with Crippen LogP contribution in [-0.4, -0.2) is 50.7 Å². The Balaban J connectivity index is 1.49. The van der Waals surface area contributed by atoms with E-state index in [1.165, 1.54) is 12.4 Å². The van der Waals surface area contributed by atoms with E-state index in [9.17, 15) is 9.18 Å². The van der Waals surface area contributed by atoms with Crippen LogP contribution in [0.5, 0.6) is 5.88 Å². The number of likely N-dealkylation sites (tertiary alicyclic amines) is 1. The van der Waals surface area contributed by atoms with Gasteiger partial charge in [0.15, 0.2) is 5.82 Å². The van der Waals surface area contributed by atoms with Gasteiger partial charge in [0.1, 0.15) is 29.4 Å². The van der Waals surface area contributed by atoms with Gasteiger partial charge in [0.05, 0.1) is 23.1 Å². The number of benzene rings is 1. The molecule has 0 radical (unpaired) electrons. The zero-order valence-electron chi connectivity index (χ0n) is 19.5. The molecule has 1 fully saturated rings. The van der Waals surface area contributed by atoms with E-state index in [1.54, 1.807) is 29.2 Å². The van der Waals surface area contributed by atoms with Crippen LogP contribution < -0.4 is 10.1 Å². The molecule has 1 saturated heterocycles. The lowest BCUT2D eigenvalue weighted by atomic mass is 10.1. The number of hydrogen-bond acceptors (Lipinski definition) is 7. The Labute approximate surface area is 202 Å². The van der Waals surface area contributed by atoms with Crippen LogP contribution in [0, 0.1) is 5.82 Å². The van der Waals surface area contributed by atoms with Crippen molar-refractivity contribution in [2.24, 2.45) is 0 Å². The van der Waals surface area contributed by atoms with Gasteiger partial charge >= 0.3 is 6.09 Å². The van der Waals surface area contributed by atoms with Crippen molar-refractivity contribution in [3.05, 3.63) is 53.1 Å². The SMILES string of the molecule is C[C@H](Nc1ncnc2ccc(O[C@H]3CCN(C(=O)OC(C)(C)C)C3)nc12)c1cccc(Cl)c1F. The molecule has 8 nitrogen and oxygen atoms in total. The summed E-state index contributed by atoms with van der Waals surface area (Å²) in [6.45, 7) is 8.28. The quantitative estimate of drug-likeness (QED) is 0.516. The largest absolute Gasteiger partial charge is 0.472 e. The summed E-state index contributed by atoms with van der Waals surface area (Å²) in [5, 5.41) is 3.26. The molecule has 2 atom stereocenters. The molecule has 0 aliphatic carbocycles. The van der Waals surface area contributed by atoms with E-state index in [4.69, 9.17) is 21.1 Å². The fourth-order valence-corrected chi connectivity index (χ4v) is 3.90. The number of carbonyl (C=O) groups is 1. The highest BCUT2D eigenvalue weighted by Crippen LogP contribution is 2.28. The van der Waals surface area contributed by atoms with Crippen LogP contribution >= 0.6 is 11.6 Å². The predicted molar refractivity (Wildman–Crippen MR) is 128 cm³/mol. The number of rotatable bonds is 5. The van der Waals surface area contributed by atoms with E-state index in [0.717, 1.165) is 0 Å². The lowest BCUT2D eigenvalue weighted by molar-refractivity contribution is 0.0275. The van der Waals surface area contributed by atoms with Crippen molar-refractivity contribution in [3.63, 3.8) is 0 Å². The van der Waals surface area contributed by atoms with Crippen molar-refractivity contribution in [1.29, 1.82) is 0 Å². The number of pyridine rings is 1. The lowest BCUT2D eigenvalue weighted by Crippen LogP contribution is -2.36. The smallest absolute Gasteiger partial charge is 0.410 e. The highest BCUT2D eigenvalue weighted by molar-refractivity contribution is 6.30. The Hall–Kier alpha value is -3.20. The Morgan fingerprint density at radius 2 is 2.06 bits per heavy atom. The van der Waals surface area contributed by atoms with Crippen LogP contribution in [0.1, 0.15) is 45.7 Å². The summed E-state index contributed by atoms with van der Waals surface area (Å²) >= 11 is 5.93. The number of aromatic nitrogens is 3. The van der Waals surface area contributed by atoms with Gasteiger partial charge in [0.25, 0.3) is 0 Å². The summed E-state index contributed by atoms with van der Waals surface area (Å²) in [5.74, 6) is 0.363. The molecule has 4 rings (SSSR count). The number of halogens is 2. The van der Waals surface area contributed by atoms with Crippen molar-refractivity contribution in [2.45, 2.75) is 51.9 Å². The first-order valence-electron chi connectivity index (χ1n) is 11.1. The van der Waals surface area contributed by atoms with E-state index < -0.39 is 17.5 Å². The normalized spacial score (nSPS) is 17.0. The fourth-order valence-electron chi connectivity index (χ4n) is 3.72. The minimum Gasteiger partial charge on any atom is -0.472 e. The fraction of sp³-hybridized carbons (Fsp3) is 0.417. The second-order valence-corrected chi connectivity index (χ2v) is 9.61. The first-order valence-corrected chi connectivity index (χ1v) is 11.5. The average Bonchev–Trinajstić information content (AvgIpc) is 3.23. The lowest BCUT2D eigenvalue weighted by Gasteiger charge is -2.24. The Morgan fingerprint density at radius 1 is 1.26 bits per heavy atom. The van der Waals surface area contributed by atoms with Gasteiger partial charge in [0.2, 0.25) is 5.88 Å². The van der Waals surface area contributed by atoms with Gasteiger partial charge in [-0.25, -0.2) is 24.1 Å². The summed E-state index contributed by atoms with van der Waals surface area (Å²) < 4.78 is 26.0. The number of nitrogens with zero attached hydrogens (tertiary/aromatic N) is 4. The van der Waals surface area contributed by atoms with E-state index >= 15 is 0 Å². The minimum atomic E-state index is -0.551. The van der Waals surface area contributed by atoms with Gasteiger partial charge in [-0.1, -0.05) is 23.7 Å². The molecule has 10 heteroatoms. The molecule has 3 heterocycles. The Kier molecular flexibility index (Phi) is 6.74. The van der Waals surface area contributed by atoms with E-state index in [2.05, 4.69) is 20.3 Å². The average molecular weight is 488 g/mol. The molecule has 180 valence electrons. The Morgan fingerprint density at radius 3 is 2.82 bits per heavy atom. The topological polar surface area (TPSA) is 89.5 Å². The third-order valence-corrected chi connectivity index (χ3v) is 5.63. The summed E-state index contributed by atoms with van der Waals surface area (Å²) in [7, 11) is 0. The van der Waals surface area contributed by atoms with Crippen molar-refractivity contribution in [1.82, 2.24) is 19.9 Å². The highest BCUT2D eigenvalue weighted by atomic mass is 35.5. The molecule has 1 amide bonds. The molecule has 34 heavy (non-hydrogen) atoms. The number of ether oxygens (including phenoxy) is 2. The maximum Gasteiger partial charge on any atom is 0.410 e. The van der Waals surface area contributed by atoms with Crippen molar-refractivity contribution in [2.75, 3.05) is 18.4 Å². The Bertz CT molecular complexity index is 1200. The predicted octanol–water partition coefficient (Wildman–Crippen LogP) is 5.38. The molecule has 1 N–H and O–H groups in total. The molecule has 1 aromatic carbocycles. The maximum atomic E-state index is 14.5. The van der Waals surface area contributed by atoms with Crippen molar-refractivity contribution >= 4 is 34.5 Å². The van der Waals surface area contributed by atoms with Crippen LogP contribution in [0.4, 0.5) is 15.0 Å². The second-order valence-electron chi connectivity index (χ2n) is 9.20. The molecule has 1 aliphatic heterocycles. The maximum absolute atomic E-state index is 14.5. The van der Waals surface area contributed by atoms with Gasteiger partial charge in [-0.2, -0.15) is 0 Å². The standard InChI is InChI=1S/C24H27ClFN5O3/c1-14(16-6-5-7-17(25)20(16)26)29-22-21-18(27-13-28-22)8-9-19(30-21)33-15-10-11-31(12-15)23(32)34-24(2,3)4/h5-9,13-15H,10-12H2,1-4H3,(H,27,28,29)/t14-,15-/m0/s1. The van der Waals surface area contributed by atoms with E-state index in [-0.39, 0.29) is 17.2 Å². The second kappa shape index (κ2) is 9.58. The van der Waals surface area contributed by atoms with Crippen LogP contribution in [0.15, 0.2) is 36.7 Å². The van der Waals surface area contributed by atoms with Crippen molar-refractivity contribution in [3.8, 4) is 5.88 Å². The number of amides is 1. The molecule has 0 bridgehead atoms. The van der Waals surface area contributed by atoms with E-state index in [0.29, 0.717) is 47.8 Å². The summed E-state index contributed by atoms with van der Waals surface area (Å²) in [6.07, 6.45) is 1.52. The van der Waals surface area contributed by atoms with Crippen LogP contribution in [-0.2, 0) is 4.74 Å². The monoisotopic (exact) mass is 487 g/mol. The molecule has 0 unspecified atom stereocenters. The molecule has 2 aromatic heterocycles. The third kappa shape index (κ3) is 5.47. The number of carbonyl (C=O) groups excluding carboxylic acids is 1. The van der Waals surface area contributed by atoms with Gasteiger partial charge in [-0.05, 0) is 39.8 Å². The molecule has 0 spiro atoms. The summed E-state index contributed by atoms with van der Waals surface area (Å²) in [5.41, 5.74) is 0.978.